The number of benzene rings is 3. The van der Waals surface area contributed by atoms with Crippen LogP contribution in [0.15, 0.2) is 85.1 Å². The molecule has 0 aromatic heterocycles. The van der Waals surface area contributed by atoms with Gasteiger partial charge in [-0.25, -0.2) is 4.79 Å². The fourth-order valence-corrected chi connectivity index (χ4v) is 5.74. The molecule has 0 radical (unpaired) electrons. The van der Waals surface area contributed by atoms with Gasteiger partial charge >= 0.3 is 6.09 Å². The van der Waals surface area contributed by atoms with Crippen molar-refractivity contribution in [1.82, 2.24) is 4.90 Å². The Hall–Kier alpha value is -4.54. The molecule has 0 N–H and O–H groups in total. The van der Waals surface area contributed by atoms with Gasteiger partial charge < -0.3 is 19.1 Å². The summed E-state index contributed by atoms with van der Waals surface area (Å²) in [4.78, 5) is 41.5. The first kappa shape index (κ1) is 28.0. The van der Waals surface area contributed by atoms with Gasteiger partial charge in [0.25, 0.3) is 5.69 Å². The van der Waals surface area contributed by atoms with Crippen LogP contribution >= 0.6 is 0 Å². The fourth-order valence-electron chi connectivity index (χ4n) is 5.74. The molecular weight excluding hydrogens is 526 g/mol. The quantitative estimate of drug-likeness (QED) is 0.153. The van der Waals surface area contributed by atoms with Crippen LogP contribution in [-0.4, -0.2) is 48.8 Å². The van der Waals surface area contributed by atoms with Gasteiger partial charge in [0, 0.05) is 48.6 Å². The van der Waals surface area contributed by atoms with Crippen LogP contribution in [0.3, 0.4) is 0 Å². The summed E-state index contributed by atoms with van der Waals surface area (Å²) >= 11 is 0. The van der Waals surface area contributed by atoms with E-state index in [-0.39, 0.29) is 38.1 Å². The van der Waals surface area contributed by atoms with Crippen molar-refractivity contribution in [3.8, 4) is 0 Å². The number of nitro benzene ring substituents is 1. The number of para-hydroxylation sites is 1. The van der Waals surface area contributed by atoms with Crippen LogP contribution in [0.25, 0.3) is 0 Å². The molecule has 2 heterocycles. The maximum Gasteiger partial charge on any atom is 0.413 e. The van der Waals surface area contributed by atoms with Crippen LogP contribution in [0.4, 0.5) is 16.2 Å². The lowest BCUT2D eigenvalue weighted by atomic mass is 9.65. The zero-order valence-corrected chi connectivity index (χ0v) is 22.9. The summed E-state index contributed by atoms with van der Waals surface area (Å²) in [5, 5.41) is 12.1. The van der Waals surface area contributed by atoms with Crippen molar-refractivity contribution in [2.45, 2.75) is 31.5 Å². The molecule has 0 aliphatic carbocycles. The number of amides is 2. The molecule has 3 aromatic carbocycles. The van der Waals surface area contributed by atoms with Crippen LogP contribution in [0.1, 0.15) is 35.1 Å². The summed E-state index contributed by atoms with van der Waals surface area (Å²) in [5.41, 5.74) is 2.06. The summed E-state index contributed by atoms with van der Waals surface area (Å²) in [6.07, 6.45) is 2.63. The van der Waals surface area contributed by atoms with Crippen molar-refractivity contribution < 1.29 is 28.7 Å². The molecule has 0 bridgehead atoms. The predicted octanol–water partition coefficient (Wildman–Crippen LogP) is 5.27. The Morgan fingerprint density at radius 3 is 2.51 bits per heavy atom. The smallest absolute Gasteiger partial charge is 0.413 e. The van der Waals surface area contributed by atoms with Crippen molar-refractivity contribution in [3.05, 3.63) is 117 Å². The number of likely N-dealkylation sites (N-methyl/N-ethyl adjacent to an activating group) is 1. The molecule has 2 atom stereocenters. The van der Waals surface area contributed by atoms with Gasteiger partial charge in [-0.2, -0.15) is 0 Å². The fraction of sp³-hybridized carbons (Fsp3) is 0.290. The van der Waals surface area contributed by atoms with Gasteiger partial charge in [0.15, 0.2) is 0 Å². The van der Waals surface area contributed by atoms with Gasteiger partial charge in [-0.1, -0.05) is 60.7 Å². The van der Waals surface area contributed by atoms with Crippen molar-refractivity contribution in [1.29, 1.82) is 0 Å². The Bertz CT molecular complexity index is 1480. The maximum absolute atomic E-state index is 14.2. The molecule has 3 aromatic rings. The molecule has 5 rings (SSSR count). The molecule has 1 spiro atoms. The van der Waals surface area contributed by atoms with Crippen LogP contribution in [0, 0.1) is 10.1 Å². The number of hydrogen-bond donors (Lipinski definition) is 0. The number of ether oxygens (including phenoxy) is 3. The Labute approximate surface area is 237 Å². The molecule has 10 nitrogen and oxygen atoms in total. The predicted molar refractivity (Wildman–Crippen MR) is 151 cm³/mol. The van der Waals surface area contributed by atoms with E-state index in [4.69, 9.17) is 14.2 Å². The van der Waals surface area contributed by atoms with E-state index < -0.39 is 22.3 Å². The minimum atomic E-state index is -1.32. The molecular formula is C31H31N3O7. The SMILES string of the molecule is CCOC(=O)N1C=CC2(C(=O)N(C)c3cccc(COCOCc4ccccc4)c32)C(c2ccccc2[N+](=O)[O-])C1. The molecule has 212 valence electrons. The number of carbonyl (C=O) groups excluding carboxylic acids is 2. The Kier molecular flexibility index (Phi) is 8.14. The lowest BCUT2D eigenvalue weighted by Crippen LogP contribution is -2.50. The number of rotatable bonds is 9. The van der Waals surface area contributed by atoms with Gasteiger partial charge in [0.05, 0.1) is 24.7 Å². The maximum atomic E-state index is 14.2. The molecule has 0 saturated heterocycles. The number of carbonyl (C=O) groups is 2. The van der Waals surface area contributed by atoms with E-state index in [0.29, 0.717) is 23.4 Å². The number of nitrogens with zero attached hydrogens (tertiary/aromatic N) is 3. The Morgan fingerprint density at radius 1 is 1.02 bits per heavy atom. The summed E-state index contributed by atoms with van der Waals surface area (Å²) in [7, 11) is 1.69. The minimum absolute atomic E-state index is 0.00852. The van der Waals surface area contributed by atoms with E-state index in [1.54, 1.807) is 49.3 Å². The molecule has 2 aliphatic rings. The third-order valence-electron chi connectivity index (χ3n) is 7.56. The second kappa shape index (κ2) is 11.9. The highest BCUT2D eigenvalue weighted by Crippen LogP contribution is 2.54. The van der Waals surface area contributed by atoms with Gasteiger partial charge in [-0.3, -0.25) is 19.8 Å². The van der Waals surface area contributed by atoms with Gasteiger partial charge in [0.2, 0.25) is 5.91 Å². The van der Waals surface area contributed by atoms with Crippen molar-refractivity contribution in [2.75, 3.05) is 31.9 Å². The molecule has 2 unspecified atom stereocenters. The summed E-state index contributed by atoms with van der Waals surface area (Å²) in [6.45, 7) is 2.46. The third-order valence-corrected chi connectivity index (χ3v) is 7.56. The number of fused-ring (bicyclic) bond motifs is 2. The molecule has 10 heteroatoms. The average Bonchev–Trinajstić information content (AvgIpc) is 3.20. The van der Waals surface area contributed by atoms with Crippen molar-refractivity contribution in [3.63, 3.8) is 0 Å². The number of hydrogen-bond acceptors (Lipinski definition) is 7. The van der Waals surface area contributed by atoms with Crippen LogP contribution in [0.2, 0.25) is 0 Å². The first-order valence-corrected chi connectivity index (χ1v) is 13.3. The summed E-state index contributed by atoms with van der Waals surface area (Å²) in [6, 6.07) is 21.7. The summed E-state index contributed by atoms with van der Waals surface area (Å²) in [5.74, 6) is -1.02. The van der Waals surface area contributed by atoms with Crippen LogP contribution < -0.4 is 4.90 Å². The van der Waals surface area contributed by atoms with Crippen molar-refractivity contribution in [2.24, 2.45) is 0 Å². The van der Waals surface area contributed by atoms with E-state index in [1.807, 2.05) is 48.5 Å². The molecule has 2 amide bonds. The van der Waals surface area contributed by atoms with E-state index in [9.17, 15) is 19.7 Å². The highest BCUT2D eigenvalue weighted by Gasteiger charge is 2.57. The minimum Gasteiger partial charge on any atom is -0.449 e. The highest BCUT2D eigenvalue weighted by atomic mass is 16.7. The summed E-state index contributed by atoms with van der Waals surface area (Å²) < 4.78 is 16.8. The zero-order chi connectivity index (χ0) is 29.0. The highest BCUT2D eigenvalue weighted by molar-refractivity contribution is 6.11. The van der Waals surface area contributed by atoms with Crippen LogP contribution in [-0.2, 0) is 37.6 Å². The number of anilines is 1. The topological polar surface area (TPSA) is 111 Å². The Morgan fingerprint density at radius 2 is 1.76 bits per heavy atom. The molecule has 0 saturated carbocycles. The van der Waals surface area contributed by atoms with E-state index in [1.165, 1.54) is 11.0 Å². The standard InChI is InChI=1S/C31H31N3O7/c1-3-41-30(36)33-17-16-31(25(18-33)24-13-7-8-14-26(24)34(37)38)28-23(12-9-15-27(28)32(2)29(31)35)20-40-21-39-19-22-10-5-4-6-11-22/h4-17,25H,3,18-21H2,1-2H3. The normalized spacial score (nSPS) is 19.5. The second-order valence-corrected chi connectivity index (χ2v) is 9.88. The van der Waals surface area contributed by atoms with Gasteiger partial charge in [0.1, 0.15) is 12.2 Å². The van der Waals surface area contributed by atoms with Gasteiger partial charge in [-0.15, -0.1) is 0 Å². The molecule has 2 aliphatic heterocycles. The lowest BCUT2D eigenvalue weighted by molar-refractivity contribution is -0.385. The largest absolute Gasteiger partial charge is 0.449 e. The molecule has 41 heavy (non-hydrogen) atoms. The van der Waals surface area contributed by atoms with E-state index >= 15 is 0 Å². The van der Waals surface area contributed by atoms with E-state index in [0.717, 1.165) is 11.1 Å². The third kappa shape index (κ3) is 5.19. The first-order chi connectivity index (χ1) is 19.9. The van der Waals surface area contributed by atoms with Crippen molar-refractivity contribution >= 4 is 23.4 Å². The first-order valence-electron chi connectivity index (χ1n) is 13.3. The van der Waals surface area contributed by atoms with Gasteiger partial charge in [-0.05, 0) is 30.2 Å². The second-order valence-electron chi connectivity index (χ2n) is 9.88. The average molecular weight is 558 g/mol. The molecule has 0 fully saturated rings. The lowest BCUT2D eigenvalue weighted by Gasteiger charge is -2.40. The monoisotopic (exact) mass is 557 g/mol. The van der Waals surface area contributed by atoms with E-state index in [2.05, 4.69) is 0 Å². The zero-order valence-electron chi connectivity index (χ0n) is 22.9. The van der Waals surface area contributed by atoms with Crippen LogP contribution in [0.5, 0.6) is 0 Å². The number of nitro groups is 1. The Balaban J connectivity index is 1.53.